The quantitative estimate of drug-likeness (QED) is 0.843. The zero-order valence-electron chi connectivity index (χ0n) is 12.6. The van der Waals surface area contributed by atoms with Crippen molar-refractivity contribution >= 4 is 27.5 Å². The predicted molar refractivity (Wildman–Crippen MR) is 90.9 cm³/mol. The highest BCUT2D eigenvalue weighted by molar-refractivity contribution is 7.89. The largest absolute Gasteiger partial charge is 0.319 e. The van der Waals surface area contributed by atoms with E-state index >= 15 is 0 Å². The van der Waals surface area contributed by atoms with Crippen LogP contribution in [0, 0.1) is 0 Å². The molecule has 24 heavy (non-hydrogen) atoms. The van der Waals surface area contributed by atoms with Gasteiger partial charge in [-0.15, -0.1) is 0 Å². The van der Waals surface area contributed by atoms with Crippen molar-refractivity contribution in [1.29, 1.82) is 0 Å². The molecule has 1 aliphatic rings. The second kappa shape index (κ2) is 6.18. The van der Waals surface area contributed by atoms with Crippen molar-refractivity contribution in [3.63, 3.8) is 0 Å². The van der Waals surface area contributed by atoms with E-state index in [-0.39, 0.29) is 21.4 Å². The van der Waals surface area contributed by atoms with E-state index in [1.165, 1.54) is 23.1 Å². The summed E-state index contributed by atoms with van der Waals surface area (Å²) < 4.78 is 23.2. The van der Waals surface area contributed by atoms with Crippen LogP contribution in [0.4, 0.5) is 0 Å². The van der Waals surface area contributed by atoms with Gasteiger partial charge in [0.15, 0.2) is 0 Å². The molecule has 0 saturated carbocycles. The predicted octanol–water partition coefficient (Wildman–Crippen LogP) is 1.64. The van der Waals surface area contributed by atoms with Gasteiger partial charge in [0.1, 0.15) is 11.1 Å². The van der Waals surface area contributed by atoms with Gasteiger partial charge < -0.3 is 10.6 Å². The summed E-state index contributed by atoms with van der Waals surface area (Å²) in [5, 5.41) is 5.11. The second-order valence-corrected chi connectivity index (χ2v) is 7.52. The fraction of sp³-hybridized carbons (Fsp3) is 0.188. The molecular formula is C16H16ClN3O3S. The van der Waals surface area contributed by atoms with E-state index < -0.39 is 16.2 Å². The van der Waals surface area contributed by atoms with E-state index in [9.17, 15) is 13.2 Å². The third-order valence-electron chi connectivity index (χ3n) is 4.08. The molecule has 0 fully saturated rings. The minimum absolute atomic E-state index is 0.0256. The van der Waals surface area contributed by atoms with Crippen LogP contribution in [0.25, 0.3) is 0 Å². The van der Waals surface area contributed by atoms with Gasteiger partial charge in [-0.25, -0.2) is 13.6 Å². The van der Waals surface area contributed by atoms with Gasteiger partial charge >= 0.3 is 0 Å². The van der Waals surface area contributed by atoms with E-state index in [0.29, 0.717) is 13.0 Å². The van der Waals surface area contributed by atoms with Crippen molar-refractivity contribution in [2.75, 3.05) is 6.54 Å². The molecule has 1 heterocycles. The number of benzene rings is 2. The molecule has 2 aromatic rings. The van der Waals surface area contributed by atoms with Crippen molar-refractivity contribution in [2.24, 2.45) is 10.9 Å². The van der Waals surface area contributed by atoms with Crippen LogP contribution >= 0.6 is 11.6 Å². The fourth-order valence-corrected chi connectivity index (χ4v) is 3.92. The number of hydrogen-bond acceptors (Lipinski definition) is 4. The molecule has 1 atom stereocenters. The van der Waals surface area contributed by atoms with Gasteiger partial charge in [-0.1, -0.05) is 35.9 Å². The van der Waals surface area contributed by atoms with Crippen LogP contribution < -0.4 is 10.9 Å². The molecule has 4 N–H and O–H groups in total. The third-order valence-corrected chi connectivity index (χ3v) is 5.47. The van der Waals surface area contributed by atoms with Crippen molar-refractivity contribution < 1.29 is 13.2 Å². The van der Waals surface area contributed by atoms with E-state index in [4.69, 9.17) is 22.5 Å². The number of carbonyl (C=O) groups is 1. The van der Waals surface area contributed by atoms with Crippen molar-refractivity contribution in [3.05, 3.63) is 64.2 Å². The lowest BCUT2D eigenvalue weighted by molar-refractivity contribution is 0.0666. The Hall–Kier alpha value is -1.93. The number of hydrogen-bond donors (Lipinski definition) is 2. The molecule has 0 bridgehead atoms. The zero-order valence-corrected chi connectivity index (χ0v) is 14.2. The minimum atomic E-state index is -4.02. The first-order valence-corrected chi connectivity index (χ1v) is 9.18. The molecule has 126 valence electrons. The Kier molecular flexibility index (Phi) is 4.35. The monoisotopic (exact) mass is 365 g/mol. The zero-order chi connectivity index (χ0) is 17.5. The van der Waals surface area contributed by atoms with Gasteiger partial charge in [0.25, 0.3) is 5.91 Å². The molecule has 0 aromatic heterocycles. The number of rotatable bonds is 2. The highest BCUT2D eigenvalue weighted by Crippen LogP contribution is 2.28. The second-order valence-electron chi connectivity index (χ2n) is 5.58. The summed E-state index contributed by atoms with van der Waals surface area (Å²) in [6, 6.07) is 11.7. The Bertz CT molecular complexity index is 915. The molecule has 8 heteroatoms. The van der Waals surface area contributed by atoms with E-state index in [1.54, 1.807) is 0 Å². The molecule has 1 aliphatic heterocycles. The first-order valence-electron chi connectivity index (χ1n) is 7.26. The molecule has 2 aromatic carbocycles. The van der Waals surface area contributed by atoms with Crippen LogP contribution in [-0.2, 0) is 16.4 Å². The first kappa shape index (κ1) is 16.9. The molecule has 3 rings (SSSR count). The van der Waals surface area contributed by atoms with Gasteiger partial charge in [-0.05, 0) is 35.7 Å². The standard InChI is InChI=1S/C16H16ClN3O3S/c17-13-6-5-11(9-14(13)24(19,22)23)16(21)20-8-7-10-3-1-2-4-12(10)15(20)18/h1-6,9,15H,7-8,18H2,(H2,19,22,23). The summed E-state index contributed by atoms with van der Waals surface area (Å²) in [5.41, 5.74) is 8.39. The number of amides is 1. The molecule has 0 radical (unpaired) electrons. The topological polar surface area (TPSA) is 106 Å². The molecule has 0 aliphatic carbocycles. The van der Waals surface area contributed by atoms with Crippen LogP contribution in [0.1, 0.15) is 27.7 Å². The Balaban J connectivity index is 1.96. The van der Waals surface area contributed by atoms with Gasteiger partial charge in [0.05, 0.1) is 5.02 Å². The van der Waals surface area contributed by atoms with Crippen molar-refractivity contribution in [3.8, 4) is 0 Å². The van der Waals surface area contributed by atoms with Crippen LogP contribution in [0.5, 0.6) is 0 Å². The molecule has 6 nitrogen and oxygen atoms in total. The van der Waals surface area contributed by atoms with Crippen LogP contribution in [-0.4, -0.2) is 25.8 Å². The number of nitrogens with two attached hydrogens (primary N) is 2. The maximum Gasteiger partial charge on any atom is 0.255 e. The normalized spacial score (nSPS) is 17.5. The van der Waals surface area contributed by atoms with E-state index in [1.807, 2.05) is 24.3 Å². The summed E-state index contributed by atoms with van der Waals surface area (Å²) in [5.74, 6) is -0.362. The van der Waals surface area contributed by atoms with E-state index in [0.717, 1.165) is 11.1 Å². The Morgan fingerprint density at radius 1 is 1.21 bits per heavy atom. The lowest BCUT2D eigenvalue weighted by atomic mass is 9.96. The average Bonchev–Trinajstić information content (AvgIpc) is 2.54. The summed E-state index contributed by atoms with van der Waals surface area (Å²) in [6.07, 6.45) is 0.0988. The number of carbonyl (C=O) groups excluding carboxylic acids is 1. The Labute approximate surface area is 145 Å². The minimum Gasteiger partial charge on any atom is -0.319 e. The lowest BCUT2D eigenvalue weighted by Crippen LogP contribution is -2.44. The number of primary sulfonamides is 1. The van der Waals surface area contributed by atoms with Gasteiger partial charge in [-0.2, -0.15) is 0 Å². The maximum absolute atomic E-state index is 12.8. The van der Waals surface area contributed by atoms with Gasteiger partial charge in [-0.3, -0.25) is 4.79 Å². The van der Waals surface area contributed by atoms with Crippen LogP contribution in [0.2, 0.25) is 5.02 Å². The van der Waals surface area contributed by atoms with Crippen molar-refractivity contribution in [2.45, 2.75) is 17.5 Å². The highest BCUT2D eigenvalue weighted by atomic mass is 35.5. The van der Waals surface area contributed by atoms with Gasteiger partial charge in [0.2, 0.25) is 10.0 Å². The maximum atomic E-state index is 12.8. The molecular weight excluding hydrogens is 350 g/mol. The highest BCUT2D eigenvalue weighted by Gasteiger charge is 2.29. The number of halogens is 1. The fourth-order valence-electron chi connectivity index (χ4n) is 2.85. The van der Waals surface area contributed by atoms with Crippen molar-refractivity contribution in [1.82, 2.24) is 4.90 Å². The number of sulfonamides is 1. The molecule has 1 amide bonds. The van der Waals surface area contributed by atoms with Crippen LogP contribution in [0.15, 0.2) is 47.4 Å². The molecule has 0 saturated heterocycles. The Morgan fingerprint density at radius 2 is 1.92 bits per heavy atom. The summed E-state index contributed by atoms with van der Waals surface area (Å²) in [7, 11) is -4.02. The van der Waals surface area contributed by atoms with Gasteiger partial charge in [0, 0.05) is 12.1 Å². The Morgan fingerprint density at radius 3 is 2.62 bits per heavy atom. The third kappa shape index (κ3) is 3.03. The van der Waals surface area contributed by atoms with Crippen LogP contribution in [0.3, 0.4) is 0 Å². The molecule has 1 unspecified atom stereocenters. The SMILES string of the molecule is NC1c2ccccc2CCN1C(=O)c1ccc(Cl)c(S(N)(=O)=O)c1. The summed E-state index contributed by atoms with van der Waals surface area (Å²) >= 11 is 5.86. The van der Waals surface area contributed by atoms with E-state index in [2.05, 4.69) is 0 Å². The lowest BCUT2D eigenvalue weighted by Gasteiger charge is -2.35. The average molecular weight is 366 g/mol. The number of nitrogens with zero attached hydrogens (tertiary/aromatic N) is 1. The first-order chi connectivity index (χ1) is 11.3. The summed E-state index contributed by atoms with van der Waals surface area (Å²) in [4.78, 5) is 14.0. The summed E-state index contributed by atoms with van der Waals surface area (Å²) in [6.45, 7) is 0.449. The molecule has 0 spiro atoms. The number of fused-ring (bicyclic) bond motifs is 1. The smallest absolute Gasteiger partial charge is 0.255 e.